The van der Waals surface area contributed by atoms with E-state index in [1.54, 1.807) is 23.1 Å². The average molecular weight is 374 g/mol. The van der Waals surface area contributed by atoms with Gasteiger partial charge in [0.15, 0.2) is 5.82 Å². The Morgan fingerprint density at radius 2 is 2.27 bits per heavy atom. The van der Waals surface area contributed by atoms with Crippen LogP contribution in [-0.2, 0) is 9.59 Å². The van der Waals surface area contributed by atoms with E-state index in [1.165, 1.54) is 6.08 Å². The van der Waals surface area contributed by atoms with Crippen LogP contribution >= 0.6 is 11.6 Å². The highest BCUT2D eigenvalue weighted by molar-refractivity contribution is 6.33. The van der Waals surface area contributed by atoms with Gasteiger partial charge in [0.25, 0.3) is 0 Å². The lowest BCUT2D eigenvalue weighted by Crippen LogP contribution is -2.43. The van der Waals surface area contributed by atoms with Gasteiger partial charge >= 0.3 is 0 Å². The number of likely N-dealkylation sites (tertiary alicyclic amines) is 1. The van der Waals surface area contributed by atoms with Crippen molar-refractivity contribution in [1.82, 2.24) is 20.1 Å². The Balaban J connectivity index is 1.68. The second-order valence-corrected chi connectivity index (χ2v) is 6.66. The maximum Gasteiger partial charge on any atom is 0.245 e. The average Bonchev–Trinajstić information content (AvgIpc) is 3.07. The van der Waals surface area contributed by atoms with Gasteiger partial charge in [-0.25, -0.2) is 4.98 Å². The number of anilines is 1. The van der Waals surface area contributed by atoms with E-state index in [1.807, 2.05) is 6.92 Å². The molecule has 26 heavy (non-hydrogen) atoms. The number of halogens is 1. The molecule has 3 rings (SSSR count). The van der Waals surface area contributed by atoms with Gasteiger partial charge in [0.05, 0.1) is 10.9 Å². The molecule has 1 aromatic heterocycles. The Bertz CT molecular complexity index is 848. The number of nitrogens with one attached hydrogen (secondary N) is 2. The molecule has 1 aliphatic rings. The van der Waals surface area contributed by atoms with Crippen LogP contribution in [0.2, 0.25) is 5.02 Å². The molecular formula is C18H20ClN5O2. The van der Waals surface area contributed by atoms with Crippen molar-refractivity contribution < 1.29 is 9.59 Å². The number of aryl methyl sites for hydroxylation is 1. The monoisotopic (exact) mass is 373 g/mol. The van der Waals surface area contributed by atoms with Crippen molar-refractivity contribution in [2.24, 2.45) is 5.92 Å². The summed E-state index contributed by atoms with van der Waals surface area (Å²) in [5.74, 6) is 0.697. The lowest BCUT2D eigenvalue weighted by atomic mass is 9.97. The van der Waals surface area contributed by atoms with Crippen molar-refractivity contribution in [3.63, 3.8) is 0 Å². The van der Waals surface area contributed by atoms with Crippen LogP contribution in [0.4, 0.5) is 5.69 Å². The van der Waals surface area contributed by atoms with Crippen LogP contribution in [0.15, 0.2) is 30.9 Å². The summed E-state index contributed by atoms with van der Waals surface area (Å²) in [4.78, 5) is 30.2. The maximum absolute atomic E-state index is 12.5. The number of benzene rings is 1. The van der Waals surface area contributed by atoms with Crippen molar-refractivity contribution in [2.75, 3.05) is 18.4 Å². The lowest BCUT2D eigenvalue weighted by molar-refractivity contribution is -0.130. The third-order valence-corrected chi connectivity index (χ3v) is 4.67. The Labute approximate surface area is 156 Å². The molecule has 1 aliphatic heterocycles. The fourth-order valence-electron chi connectivity index (χ4n) is 3.00. The summed E-state index contributed by atoms with van der Waals surface area (Å²) in [5, 5.41) is 10.2. The molecule has 1 saturated heterocycles. The van der Waals surface area contributed by atoms with Gasteiger partial charge in [-0.1, -0.05) is 18.2 Å². The molecule has 0 spiro atoms. The summed E-state index contributed by atoms with van der Waals surface area (Å²) in [5.41, 5.74) is 1.29. The van der Waals surface area contributed by atoms with Crippen LogP contribution in [0, 0.1) is 12.8 Å². The zero-order chi connectivity index (χ0) is 18.7. The minimum absolute atomic E-state index is 0.121. The molecule has 7 nitrogen and oxygen atoms in total. The molecule has 8 heteroatoms. The molecule has 0 saturated carbocycles. The number of carbonyl (C=O) groups excluding carboxylic acids is 2. The normalized spacial score (nSPS) is 17.0. The van der Waals surface area contributed by atoms with Gasteiger partial charge in [-0.05, 0) is 44.0 Å². The van der Waals surface area contributed by atoms with Crippen LogP contribution in [0.1, 0.15) is 18.7 Å². The second kappa shape index (κ2) is 7.70. The summed E-state index contributed by atoms with van der Waals surface area (Å²) >= 11 is 6.32. The Kier molecular flexibility index (Phi) is 5.37. The number of hydrogen-bond donors (Lipinski definition) is 2. The van der Waals surface area contributed by atoms with Gasteiger partial charge in [0, 0.05) is 24.3 Å². The first-order valence-corrected chi connectivity index (χ1v) is 8.77. The topological polar surface area (TPSA) is 91.0 Å². The first-order chi connectivity index (χ1) is 12.5. The van der Waals surface area contributed by atoms with Gasteiger partial charge in [-0.15, -0.1) is 0 Å². The van der Waals surface area contributed by atoms with Crippen molar-refractivity contribution in [1.29, 1.82) is 0 Å². The van der Waals surface area contributed by atoms with Gasteiger partial charge in [-0.3, -0.25) is 14.7 Å². The van der Waals surface area contributed by atoms with Crippen LogP contribution in [0.25, 0.3) is 11.4 Å². The second-order valence-electron chi connectivity index (χ2n) is 6.26. The number of hydrogen-bond acceptors (Lipinski definition) is 4. The first kappa shape index (κ1) is 18.1. The van der Waals surface area contributed by atoms with Gasteiger partial charge in [0.1, 0.15) is 5.82 Å². The van der Waals surface area contributed by atoms with E-state index in [9.17, 15) is 9.59 Å². The fourth-order valence-corrected chi connectivity index (χ4v) is 3.27. The number of amides is 2. The standard InChI is InChI=1S/C18H20ClN5O2/c1-3-16(25)24-8-4-5-12(10-24)18(26)21-13-6-7-14(15(19)9-13)17-20-11(2)22-23-17/h3,6-7,9,12H,1,4-5,8,10H2,2H3,(H,21,26)(H,20,22,23). The van der Waals surface area contributed by atoms with E-state index >= 15 is 0 Å². The highest BCUT2D eigenvalue weighted by atomic mass is 35.5. The van der Waals surface area contributed by atoms with E-state index in [0.717, 1.165) is 12.8 Å². The molecule has 136 valence electrons. The van der Waals surface area contributed by atoms with Gasteiger partial charge in [-0.2, -0.15) is 5.10 Å². The zero-order valence-electron chi connectivity index (χ0n) is 14.5. The Morgan fingerprint density at radius 1 is 1.46 bits per heavy atom. The van der Waals surface area contributed by atoms with Gasteiger partial charge in [0.2, 0.25) is 11.8 Å². The summed E-state index contributed by atoms with van der Waals surface area (Å²) in [6, 6.07) is 5.21. The smallest absolute Gasteiger partial charge is 0.245 e. The van der Waals surface area contributed by atoms with E-state index in [0.29, 0.717) is 41.0 Å². The summed E-state index contributed by atoms with van der Waals surface area (Å²) < 4.78 is 0. The van der Waals surface area contributed by atoms with E-state index in [-0.39, 0.29) is 17.7 Å². The molecular weight excluding hydrogens is 354 g/mol. The van der Waals surface area contributed by atoms with Crippen LogP contribution in [0.5, 0.6) is 0 Å². The molecule has 2 amide bonds. The molecule has 0 radical (unpaired) electrons. The number of piperidine rings is 1. The van der Waals surface area contributed by atoms with Crippen molar-refractivity contribution in [3.8, 4) is 11.4 Å². The number of aromatic nitrogens is 3. The molecule has 0 aliphatic carbocycles. The predicted octanol–water partition coefficient (Wildman–Crippen LogP) is 2.80. The largest absolute Gasteiger partial charge is 0.338 e. The molecule has 1 fully saturated rings. The van der Waals surface area contributed by atoms with Crippen LogP contribution < -0.4 is 5.32 Å². The minimum atomic E-state index is -0.248. The number of nitrogens with zero attached hydrogens (tertiary/aromatic N) is 3. The molecule has 1 aromatic carbocycles. The molecule has 2 aromatic rings. The number of carbonyl (C=O) groups is 2. The van der Waals surface area contributed by atoms with Gasteiger partial charge < -0.3 is 10.2 Å². The Morgan fingerprint density at radius 3 is 2.92 bits per heavy atom. The summed E-state index contributed by atoms with van der Waals surface area (Å²) in [6.45, 7) is 6.37. The summed E-state index contributed by atoms with van der Waals surface area (Å²) in [7, 11) is 0. The highest BCUT2D eigenvalue weighted by Crippen LogP contribution is 2.28. The molecule has 1 unspecified atom stereocenters. The quantitative estimate of drug-likeness (QED) is 0.806. The number of aromatic amines is 1. The zero-order valence-corrected chi connectivity index (χ0v) is 15.2. The molecule has 2 N–H and O–H groups in total. The molecule has 2 heterocycles. The molecule has 0 bridgehead atoms. The maximum atomic E-state index is 12.5. The highest BCUT2D eigenvalue weighted by Gasteiger charge is 2.27. The SMILES string of the molecule is C=CC(=O)N1CCCC(C(=O)Nc2ccc(-c3n[nH]c(C)n3)c(Cl)c2)C1. The first-order valence-electron chi connectivity index (χ1n) is 8.39. The van der Waals surface area contributed by atoms with E-state index in [2.05, 4.69) is 27.1 Å². The minimum Gasteiger partial charge on any atom is -0.338 e. The van der Waals surface area contributed by atoms with Crippen LogP contribution in [-0.4, -0.2) is 45.0 Å². The van der Waals surface area contributed by atoms with Crippen molar-refractivity contribution in [2.45, 2.75) is 19.8 Å². The van der Waals surface area contributed by atoms with E-state index < -0.39 is 0 Å². The van der Waals surface area contributed by atoms with Crippen molar-refractivity contribution >= 4 is 29.1 Å². The predicted molar refractivity (Wildman–Crippen MR) is 99.7 cm³/mol. The number of H-pyrrole nitrogens is 1. The number of rotatable bonds is 4. The third kappa shape index (κ3) is 3.94. The van der Waals surface area contributed by atoms with Crippen LogP contribution in [0.3, 0.4) is 0 Å². The van der Waals surface area contributed by atoms with E-state index in [4.69, 9.17) is 11.6 Å². The summed E-state index contributed by atoms with van der Waals surface area (Å²) in [6.07, 6.45) is 2.82. The van der Waals surface area contributed by atoms with Crippen molar-refractivity contribution in [3.05, 3.63) is 41.7 Å². The third-order valence-electron chi connectivity index (χ3n) is 4.35. The Hall–Kier alpha value is -2.67. The fraction of sp³-hybridized carbons (Fsp3) is 0.333. The lowest BCUT2D eigenvalue weighted by Gasteiger charge is -2.31. The molecule has 1 atom stereocenters.